The number of amidine groups is 1. The van der Waals surface area contributed by atoms with Crippen LogP contribution in [0.3, 0.4) is 0 Å². The molecule has 6 nitrogen and oxygen atoms in total. The Morgan fingerprint density at radius 3 is 2.35 bits per heavy atom. The fraction of sp³-hybridized carbons (Fsp3) is 0.438. The quantitative estimate of drug-likeness (QED) is 0.811. The lowest BCUT2D eigenvalue weighted by Crippen LogP contribution is -2.37. The van der Waals surface area contributed by atoms with Gasteiger partial charge in [-0.1, -0.05) is 11.8 Å². The first-order valence-corrected chi connectivity index (χ1v) is 8.85. The summed E-state index contributed by atoms with van der Waals surface area (Å²) < 4.78 is 0. The van der Waals surface area contributed by atoms with Gasteiger partial charge in [0, 0.05) is 30.2 Å². The lowest BCUT2D eigenvalue weighted by atomic mass is 10.1. The van der Waals surface area contributed by atoms with E-state index in [0.29, 0.717) is 17.4 Å². The molecule has 0 aliphatic carbocycles. The van der Waals surface area contributed by atoms with Gasteiger partial charge >= 0.3 is 11.8 Å². The van der Waals surface area contributed by atoms with Crippen molar-refractivity contribution in [2.45, 2.75) is 19.3 Å². The second-order valence-corrected chi connectivity index (χ2v) is 6.62. The highest BCUT2D eigenvalue weighted by molar-refractivity contribution is 8.14. The fourth-order valence-corrected chi connectivity index (χ4v) is 3.38. The van der Waals surface area contributed by atoms with E-state index in [-0.39, 0.29) is 0 Å². The molecule has 0 radical (unpaired) electrons. The number of rotatable bonds is 2. The molecule has 2 heterocycles. The number of nitrogens with one attached hydrogen (secondary N) is 2. The third kappa shape index (κ3) is 4.25. The van der Waals surface area contributed by atoms with E-state index in [0.717, 1.165) is 24.5 Å². The molecule has 122 valence electrons. The Labute approximate surface area is 139 Å². The third-order valence-electron chi connectivity index (χ3n) is 3.86. The van der Waals surface area contributed by atoms with Crippen LogP contribution in [0.2, 0.25) is 0 Å². The van der Waals surface area contributed by atoms with Crippen LogP contribution in [0, 0.1) is 0 Å². The molecule has 0 spiro atoms. The Balaban J connectivity index is 1.54. The van der Waals surface area contributed by atoms with E-state index in [1.165, 1.54) is 31.0 Å². The standard InChI is InChI=1S/C16H20N4O2S/c21-14(15(22)19-16-17-8-11-23-16)18-12-4-6-13(7-5-12)20-9-2-1-3-10-20/h4-7H,1-3,8-11H2,(H,18,21)(H,17,19,22). The van der Waals surface area contributed by atoms with Gasteiger partial charge in [-0.2, -0.15) is 0 Å². The van der Waals surface area contributed by atoms with E-state index in [1.54, 1.807) is 0 Å². The van der Waals surface area contributed by atoms with Crippen LogP contribution in [0.25, 0.3) is 0 Å². The molecule has 0 saturated carbocycles. The van der Waals surface area contributed by atoms with E-state index < -0.39 is 11.8 Å². The van der Waals surface area contributed by atoms with Gasteiger partial charge in [0.05, 0.1) is 6.54 Å². The average molecular weight is 332 g/mol. The number of amides is 2. The first kappa shape index (κ1) is 15.9. The van der Waals surface area contributed by atoms with Crippen molar-refractivity contribution in [3.8, 4) is 0 Å². The predicted molar refractivity (Wildman–Crippen MR) is 94.0 cm³/mol. The van der Waals surface area contributed by atoms with Crippen LogP contribution in [-0.2, 0) is 9.59 Å². The number of anilines is 2. The Hall–Kier alpha value is -2.02. The minimum Gasteiger partial charge on any atom is -0.372 e. The van der Waals surface area contributed by atoms with Gasteiger partial charge in [-0.05, 0) is 43.5 Å². The summed E-state index contributed by atoms with van der Waals surface area (Å²) in [5.74, 6) is -0.515. The monoisotopic (exact) mass is 332 g/mol. The topological polar surface area (TPSA) is 73.8 Å². The highest BCUT2D eigenvalue weighted by atomic mass is 32.2. The van der Waals surface area contributed by atoms with E-state index in [4.69, 9.17) is 0 Å². The molecule has 0 unspecified atom stereocenters. The third-order valence-corrected chi connectivity index (χ3v) is 4.75. The van der Waals surface area contributed by atoms with Crippen molar-refractivity contribution < 1.29 is 9.59 Å². The summed E-state index contributed by atoms with van der Waals surface area (Å²) in [6, 6.07) is 7.62. The second-order valence-electron chi connectivity index (χ2n) is 5.54. The van der Waals surface area contributed by atoms with E-state index in [1.807, 2.05) is 24.3 Å². The molecule has 23 heavy (non-hydrogen) atoms. The highest BCUT2D eigenvalue weighted by Gasteiger charge is 2.18. The molecule has 2 aliphatic rings. The number of piperidine rings is 1. The normalized spacial score (nSPS) is 17.6. The fourth-order valence-electron chi connectivity index (χ4n) is 2.66. The van der Waals surface area contributed by atoms with Crippen molar-refractivity contribution in [1.82, 2.24) is 5.32 Å². The van der Waals surface area contributed by atoms with Crippen LogP contribution >= 0.6 is 11.8 Å². The summed E-state index contributed by atoms with van der Waals surface area (Å²) in [6.45, 7) is 2.83. The van der Waals surface area contributed by atoms with Crippen LogP contribution in [0.15, 0.2) is 29.3 Å². The van der Waals surface area contributed by atoms with Gasteiger partial charge in [0.2, 0.25) is 0 Å². The maximum atomic E-state index is 11.9. The van der Waals surface area contributed by atoms with Crippen molar-refractivity contribution >= 4 is 40.1 Å². The second kappa shape index (κ2) is 7.50. The zero-order valence-corrected chi connectivity index (χ0v) is 13.7. The van der Waals surface area contributed by atoms with Crippen molar-refractivity contribution in [3.05, 3.63) is 24.3 Å². The number of nitrogens with zero attached hydrogens (tertiary/aromatic N) is 2. The molecule has 0 bridgehead atoms. The van der Waals surface area contributed by atoms with E-state index in [2.05, 4.69) is 20.5 Å². The lowest BCUT2D eigenvalue weighted by molar-refractivity contribution is -0.135. The van der Waals surface area contributed by atoms with Gasteiger partial charge in [-0.3, -0.25) is 19.9 Å². The van der Waals surface area contributed by atoms with Crippen LogP contribution < -0.4 is 15.5 Å². The summed E-state index contributed by atoms with van der Waals surface area (Å²) in [5, 5.41) is 5.65. The van der Waals surface area contributed by atoms with Crippen LogP contribution in [0.4, 0.5) is 11.4 Å². The molecule has 3 rings (SSSR count). The molecule has 0 atom stereocenters. The summed E-state index contributed by atoms with van der Waals surface area (Å²) >= 11 is 1.44. The van der Waals surface area contributed by atoms with Crippen molar-refractivity contribution in [2.24, 2.45) is 4.99 Å². The first-order valence-electron chi connectivity index (χ1n) is 7.87. The molecule has 2 N–H and O–H groups in total. The minimum absolute atomic E-state index is 0.519. The Morgan fingerprint density at radius 1 is 1.00 bits per heavy atom. The zero-order valence-electron chi connectivity index (χ0n) is 12.9. The first-order chi connectivity index (χ1) is 11.2. The van der Waals surface area contributed by atoms with Crippen LogP contribution in [0.1, 0.15) is 19.3 Å². The molecule has 1 aromatic carbocycles. The maximum Gasteiger partial charge on any atom is 0.315 e. The van der Waals surface area contributed by atoms with Crippen molar-refractivity contribution in [1.29, 1.82) is 0 Å². The summed E-state index contributed by atoms with van der Waals surface area (Å²) in [7, 11) is 0. The predicted octanol–water partition coefficient (Wildman–Crippen LogP) is 1.83. The molecule has 1 aromatic rings. The Bertz CT molecular complexity index is 609. The molecule has 1 fully saturated rings. The van der Waals surface area contributed by atoms with Gasteiger partial charge in [0.1, 0.15) is 0 Å². The number of carbonyl (C=O) groups excluding carboxylic acids is 2. The average Bonchev–Trinajstić information content (AvgIpc) is 3.09. The number of hydrogen-bond donors (Lipinski definition) is 2. The van der Waals surface area contributed by atoms with Gasteiger partial charge in [0.25, 0.3) is 0 Å². The Morgan fingerprint density at radius 2 is 1.70 bits per heavy atom. The van der Waals surface area contributed by atoms with Gasteiger partial charge in [-0.25, -0.2) is 0 Å². The molecular weight excluding hydrogens is 312 g/mol. The molecule has 7 heteroatoms. The number of hydrogen-bond acceptors (Lipinski definition) is 5. The molecule has 2 aliphatic heterocycles. The van der Waals surface area contributed by atoms with E-state index in [9.17, 15) is 9.59 Å². The number of carbonyl (C=O) groups is 2. The minimum atomic E-state index is -0.682. The summed E-state index contributed by atoms with van der Waals surface area (Å²) in [4.78, 5) is 30.1. The smallest absolute Gasteiger partial charge is 0.315 e. The molecule has 1 saturated heterocycles. The number of benzene rings is 1. The summed E-state index contributed by atoms with van der Waals surface area (Å²) in [6.07, 6.45) is 3.74. The maximum absolute atomic E-state index is 11.9. The van der Waals surface area contributed by atoms with Crippen LogP contribution in [0.5, 0.6) is 0 Å². The number of aliphatic imine (C=N–C) groups is 1. The summed E-state index contributed by atoms with van der Waals surface area (Å²) in [5.41, 5.74) is 1.77. The largest absolute Gasteiger partial charge is 0.372 e. The molecule has 0 aromatic heterocycles. The molecule has 2 amide bonds. The highest BCUT2D eigenvalue weighted by Crippen LogP contribution is 2.21. The van der Waals surface area contributed by atoms with Gasteiger partial charge in [-0.15, -0.1) is 0 Å². The zero-order chi connectivity index (χ0) is 16.1. The van der Waals surface area contributed by atoms with Crippen LogP contribution in [-0.4, -0.2) is 42.4 Å². The lowest BCUT2D eigenvalue weighted by Gasteiger charge is -2.28. The van der Waals surface area contributed by atoms with Gasteiger partial charge in [0.15, 0.2) is 5.17 Å². The van der Waals surface area contributed by atoms with Crippen molar-refractivity contribution in [3.63, 3.8) is 0 Å². The van der Waals surface area contributed by atoms with Gasteiger partial charge < -0.3 is 10.2 Å². The number of thioether (sulfide) groups is 1. The van der Waals surface area contributed by atoms with Crippen molar-refractivity contribution in [2.75, 3.05) is 35.6 Å². The Kier molecular flexibility index (Phi) is 5.17. The molecular formula is C16H20N4O2S. The SMILES string of the molecule is O=C(NC1=NCCS1)C(=O)Nc1ccc(N2CCCCC2)cc1. The van der Waals surface area contributed by atoms with E-state index >= 15 is 0 Å².